The Hall–Kier alpha value is -2.30. The van der Waals surface area contributed by atoms with Gasteiger partial charge in [-0.1, -0.05) is 18.2 Å². The zero-order valence-electron chi connectivity index (χ0n) is 11.6. The molecule has 0 saturated heterocycles. The third kappa shape index (κ3) is 2.27. The van der Waals surface area contributed by atoms with Crippen LogP contribution in [0.2, 0.25) is 0 Å². The molecule has 1 amide bonds. The Kier molecular flexibility index (Phi) is 3.18. The monoisotopic (exact) mass is 271 g/mol. The highest BCUT2D eigenvalue weighted by atomic mass is 16.5. The van der Waals surface area contributed by atoms with Crippen LogP contribution in [0, 0.1) is 6.92 Å². The first-order chi connectivity index (χ1) is 9.65. The summed E-state index contributed by atoms with van der Waals surface area (Å²) in [4.78, 5) is 12.1. The molecule has 0 bridgehead atoms. The van der Waals surface area contributed by atoms with E-state index in [2.05, 4.69) is 10.4 Å². The molecule has 1 aliphatic heterocycles. The van der Waals surface area contributed by atoms with Gasteiger partial charge < -0.3 is 10.1 Å². The maximum Gasteiger partial charge on any atom is 0.269 e. The summed E-state index contributed by atoms with van der Waals surface area (Å²) < 4.78 is 7.21. The standard InChI is InChI=1S/C15H17N3O2/c1-10-7-13(18(2)17-10)15(19)16-8-11-9-20-14-6-4-3-5-12(11)14/h3-7,11H,8-9H2,1-2H3,(H,16,19)/t11-/m0/s1. The second-order valence-electron chi connectivity index (χ2n) is 5.05. The molecule has 5 nitrogen and oxygen atoms in total. The van der Waals surface area contributed by atoms with Gasteiger partial charge in [-0.15, -0.1) is 0 Å². The molecule has 1 N–H and O–H groups in total. The van der Waals surface area contributed by atoms with E-state index in [1.54, 1.807) is 17.8 Å². The topological polar surface area (TPSA) is 56.1 Å². The van der Waals surface area contributed by atoms with Crippen LogP contribution in [0.1, 0.15) is 27.7 Å². The largest absolute Gasteiger partial charge is 0.493 e. The van der Waals surface area contributed by atoms with Crippen LogP contribution in [-0.4, -0.2) is 28.8 Å². The average molecular weight is 271 g/mol. The first-order valence-electron chi connectivity index (χ1n) is 6.65. The molecule has 0 radical (unpaired) electrons. The van der Waals surface area contributed by atoms with Crippen molar-refractivity contribution < 1.29 is 9.53 Å². The number of aryl methyl sites for hydroxylation is 2. The smallest absolute Gasteiger partial charge is 0.269 e. The third-order valence-electron chi connectivity index (χ3n) is 3.54. The molecule has 0 spiro atoms. The molecule has 2 heterocycles. The molecule has 5 heteroatoms. The van der Waals surface area contributed by atoms with E-state index >= 15 is 0 Å². The zero-order valence-corrected chi connectivity index (χ0v) is 11.6. The highest BCUT2D eigenvalue weighted by Crippen LogP contribution is 2.32. The minimum atomic E-state index is -0.0996. The molecular weight excluding hydrogens is 254 g/mol. The summed E-state index contributed by atoms with van der Waals surface area (Å²) in [6.07, 6.45) is 0. The van der Waals surface area contributed by atoms with E-state index in [9.17, 15) is 4.79 Å². The number of para-hydroxylation sites is 1. The number of hydrogen-bond acceptors (Lipinski definition) is 3. The summed E-state index contributed by atoms with van der Waals surface area (Å²) >= 11 is 0. The summed E-state index contributed by atoms with van der Waals surface area (Å²) in [7, 11) is 1.77. The Morgan fingerprint density at radius 2 is 2.30 bits per heavy atom. The molecule has 0 unspecified atom stereocenters. The van der Waals surface area contributed by atoms with Crippen LogP contribution in [-0.2, 0) is 7.05 Å². The quantitative estimate of drug-likeness (QED) is 0.923. The van der Waals surface area contributed by atoms with Crippen LogP contribution < -0.4 is 10.1 Å². The number of fused-ring (bicyclic) bond motifs is 1. The summed E-state index contributed by atoms with van der Waals surface area (Å²) in [5.41, 5.74) is 2.58. The van der Waals surface area contributed by atoms with Crippen molar-refractivity contribution in [3.63, 3.8) is 0 Å². The van der Waals surface area contributed by atoms with Crippen LogP contribution in [0.4, 0.5) is 0 Å². The van der Waals surface area contributed by atoms with Gasteiger partial charge in [0.25, 0.3) is 5.91 Å². The van der Waals surface area contributed by atoms with Crippen molar-refractivity contribution in [3.8, 4) is 5.75 Å². The fraction of sp³-hybridized carbons (Fsp3) is 0.333. The predicted molar refractivity (Wildman–Crippen MR) is 75.0 cm³/mol. The zero-order chi connectivity index (χ0) is 14.1. The summed E-state index contributed by atoms with van der Waals surface area (Å²) in [5, 5.41) is 7.14. The first-order valence-corrected chi connectivity index (χ1v) is 6.65. The van der Waals surface area contributed by atoms with Crippen molar-refractivity contribution in [3.05, 3.63) is 47.3 Å². The molecule has 0 fully saturated rings. The summed E-state index contributed by atoms with van der Waals surface area (Å²) in [5.74, 6) is 1.03. The summed E-state index contributed by atoms with van der Waals surface area (Å²) in [6, 6.07) is 9.74. The molecule has 1 aromatic carbocycles. The maximum atomic E-state index is 12.1. The van der Waals surface area contributed by atoms with Crippen LogP contribution in [0.5, 0.6) is 5.75 Å². The number of nitrogens with one attached hydrogen (secondary N) is 1. The van der Waals surface area contributed by atoms with Gasteiger partial charge in [0.1, 0.15) is 11.4 Å². The third-order valence-corrected chi connectivity index (χ3v) is 3.54. The lowest BCUT2D eigenvalue weighted by Crippen LogP contribution is -2.30. The Morgan fingerprint density at radius 1 is 1.50 bits per heavy atom. The average Bonchev–Trinajstić information content (AvgIpc) is 2.99. The van der Waals surface area contributed by atoms with Crippen molar-refractivity contribution in [1.29, 1.82) is 0 Å². The van der Waals surface area contributed by atoms with Gasteiger partial charge in [0.2, 0.25) is 0 Å². The lowest BCUT2D eigenvalue weighted by atomic mass is 10.0. The number of aromatic nitrogens is 2. The van der Waals surface area contributed by atoms with E-state index in [-0.39, 0.29) is 11.8 Å². The number of hydrogen-bond donors (Lipinski definition) is 1. The minimum Gasteiger partial charge on any atom is -0.493 e. The molecule has 3 rings (SSSR count). The van der Waals surface area contributed by atoms with Crippen LogP contribution in [0.3, 0.4) is 0 Å². The Bertz CT molecular complexity index is 648. The van der Waals surface area contributed by atoms with Gasteiger partial charge in [0, 0.05) is 25.1 Å². The molecule has 0 aliphatic carbocycles. The van der Waals surface area contributed by atoms with Crippen molar-refractivity contribution in [2.24, 2.45) is 7.05 Å². The predicted octanol–water partition coefficient (Wildman–Crippen LogP) is 1.63. The number of benzene rings is 1. The van der Waals surface area contributed by atoms with Crippen molar-refractivity contribution in [1.82, 2.24) is 15.1 Å². The number of nitrogens with zero attached hydrogens (tertiary/aromatic N) is 2. The van der Waals surface area contributed by atoms with E-state index in [4.69, 9.17) is 4.74 Å². The first kappa shape index (κ1) is 12.7. The second kappa shape index (κ2) is 5.00. The molecule has 0 saturated carbocycles. The van der Waals surface area contributed by atoms with Gasteiger partial charge in [0.15, 0.2) is 0 Å². The molecule has 20 heavy (non-hydrogen) atoms. The number of carbonyl (C=O) groups is 1. The van der Waals surface area contributed by atoms with Gasteiger partial charge >= 0.3 is 0 Å². The fourth-order valence-electron chi connectivity index (χ4n) is 2.53. The lowest BCUT2D eigenvalue weighted by molar-refractivity contribution is 0.0940. The Labute approximate surface area is 117 Å². The molecule has 1 atom stereocenters. The van der Waals surface area contributed by atoms with Crippen molar-refractivity contribution >= 4 is 5.91 Å². The van der Waals surface area contributed by atoms with Crippen molar-refractivity contribution in [2.45, 2.75) is 12.8 Å². The second-order valence-corrected chi connectivity index (χ2v) is 5.05. The molecular formula is C15H17N3O2. The van der Waals surface area contributed by atoms with Gasteiger partial charge in [-0.2, -0.15) is 5.10 Å². The van der Waals surface area contributed by atoms with E-state index in [0.717, 1.165) is 17.0 Å². The van der Waals surface area contributed by atoms with Gasteiger partial charge in [0.05, 0.1) is 12.3 Å². The fourth-order valence-corrected chi connectivity index (χ4v) is 2.53. The van der Waals surface area contributed by atoms with Gasteiger partial charge in [-0.05, 0) is 19.1 Å². The molecule has 104 valence electrons. The maximum absolute atomic E-state index is 12.1. The van der Waals surface area contributed by atoms with E-state index < -0.39 is 0 Å². The van der Waals surface area contributed by atoms with E-state index in [0.29, 0.717) is 18.8 Å². The Balaban J connectivity index is 1.66. The number of carbonyl (C=O) groups excluding carboxylic acids is 1. The molecule has 2 aromatic rings. The molecule has 1 aliphatic rings. The van der Waals surface area contributed by atoms with Crippen LogP contribution in [0.15, 0.2) is 30.3 Å². The van der Waals surface area contributed by atoms with Crippen LogP contribution >= 0.6 is 0 Å². The highest BCUT2D eigenvalue weighted by molar-refractivity contribution is 5.92. The number of amides is 1. The highest BCUT2D eigenvalue weighted by Gasteiger charge is 2.24. The Morgan fingerprint density at radius 3 is 3.05 bits per heavy atom. The molecule has 1 aromatic heterocycles. The summed E-state index contributed by atoms with van der Waals surface area (Å²) in [6.45, 7) is 3.06. The lowest BCUT2D eigenvalue weighted by Gasteiger charge is -2.10. The van der Waals surface area contributed by atoms with Crippen molar-refractivity contribution in [2.75, 3.05) is 13.2 Å². The number of rotatable bonds is 3. The normalized spacial score (nSPS) is 16.6. The van der Waals surface area contributed by atoms with Gasteiger partial charge in [-0.3, -0.25) is 9.48 Å². The van der Waals surface area contributed by atoms with E-state index in [1.165, 1.54) is 0 Å². The van der Waals surface area contributed by atoms with Gasteiger partial charge in [-0.25, -0.2) is 0 Å². The van der Waals surface area contributed by atoms with Crippen LogP contribution in [0.25, 0.3) is 0 Å². The van der Waals surface area contributed by atoms with E-state index in [1.807, 2.05) is 31.2 Å². The number of ether oxygens (including phenoxy) is 1. The SMILES string of the molecule is Cc1cc(C(=O)NC[C@H]2COc3ccccc32)n(C)n1. The minimum absolute atomic E-state index is 0.0996.